The molecule has 1 atom stereocenters. The molecule has 0 aliphatic heterocycles. The summed E-state index contributed by atoms with van der Waals surface area (Å²) in [5.74, 6) is 0.873. The summed E-state index contributed by atoms with van der Waals surface area (Å²) < 4.78 is 10.8. The monoisotopic (exact) mass is 231 g/mol. The van der Waals surface area contributed by atoms with E-state index in [1.54, 1.807) is 0 Å². The van der Waals surface area contributed by atoms with Gasteiger partial charge in [-0.2, -0.15) is 0 Å². The van der Waals surface area contributed by atoms with E-state index in [1.165, 1.54) is 5.56 Å². The summed E-state index contributed by atoms with van der Waals surface area (Å²) in [5, 5.41) is 4.03. The predicted octanol–water partition coefficient (Wildman–Crippen LogP) is 3.36. The molecule has 0 amide bonds. The lowest BCUT2D eigenvalue weighted by Crippen LogP contribution is -1.99. The summed E-state index contributed by atoms with van der Waals surface area (Å²) in [5.41, 5.74) is 2.08. The molecule has 3 heteroatoms. The lowest BCUT2D eigenvalue weighted by Gasteiger charge is -2.05. The van der Waals surface area contributed by atoms with E-state index in [1.807, 2.05) is 38.1 Å². The molecule has 1 heterocycles. The average Bonchev–Trinajstić information content (AvgIpc) is 2.79. The van der Waals surface area contributed by atoms with Crippen molar-refractivity contribution in [3.63, 3.8) is 0 Å². The van der Waals surface area contributed by atoms with Gasteiger partial charge < -0.3 is 9.26 Å². The van der Waals surface area contributed by atoms with Gasteiger partial charge in [-0.25, -0.2) is 0 Å². The Morgan fingerprint density at radius 3 is 2.76 bits per heavy atom. The van der Waals surface area contributed by atoms with Crippen LogP contribution in [0, 0.1) is 0 Å². The second-order valence-corrected chi connectivity index (χ2v) is 3.98. The second-order valence-electron chi connectivity index (χ2n) is 3.98. The van der Waals surface area contributed by atoms with Crippen LogP contribution in [-0.4, -0.2) is 11.8 Å². The first-order valence-corrected chi connectivity index (χ1v) is 5.90. The Labute approximate surface area is 101 Å². The van der Waals surface area contributed by atoms with Gasteiger partial charge in [-0.1, -0.05) is 35.5 Å². The highest BCUT2D eigenvalue weighted by atomic mass is 16.5. The molecule has 1 aromatic heterocycles. The molecule has 17 heavy (non-hydrogen) atoms. The first-order valence-electron chi connectivity index (χ1n) is 5.90. The SMILES string of the molecule is CCOC(C)c1cc(Cc2ccccc2)on1. The van der Waals surface area contributed by atoms with Crippen molar-refractivity contribution >= 4 is 0 Å². The molecule has 0 aliphatic rings. The van der Waals surface area contributed by atoms with Gasteiger partial charge in [0.15, 0.2) is 0 Å². The topological polar surface area (TPSA) is 35.3 Å². The largest absolute Gasteiger partial charge is 0.372 e. The summed E-state index contributed by atoms with van der Waals surface area (Å²) in [7, 11) is 0. The van der Waals surface area contributed by atoms with Gasteiger partial charge in [-0.05, 0) is 19.4 Å². The van der Waals surface area contributed by atoms with Crippen LogP contribution in [0.4, 0.5) is 0 Å². The van der Waals surface area contributed by atoms with Gasteiger partial charge in [0.1, 0.15) is 17.6 Å². The number of rotatable bonds is 5. The third-order valence-electron chi connectivity index (χ3n) is 2.63. The van der Waals surface area contributed by atoms with Gasteiger partial charge in [0.25, 0.3) is 0 Å². The van der Waals surface area contributed by atoms with Crippen LogP contribution in [0.3, 0.4) is 0 Å². The molecule has 0 spiro atoms. The Morgan fingerprint density at radius 2 is 2.06 bits per heavy atom. The number of nitrogens with zero attached hydrogens (tertiary/aromatic N) is 1. The Morgan fingerprint density at radius 1 is 1.29 bits per heavy atom. The Balaban J connectivity index is 2.04. The minimum atomic E-state index is -0.00623. The first kappa shape index (κ1) is 11.9. The molecule has 0 saturated heterocycles. The van der Waals surface area contributed by atoms with Gasteiger partial charge in [0, 0.05) is 19.1 Å². The standard InChI is InChI=1S/C14H17NO2/c1-3-16-11(2)14-10-13(17-15-14)9-12-7-5-4-6-8-12/h4-8,10-11H,3,9H2,1-2H3. The number of aromatic nitrogens is 1. The average molecular weight is 231 g/mol. The van der Waals surface area contributed by atoms with E-state index in [-0.39, 0.29) is 6.10 Å². The zero-order valence-electron chi connectivity index (χ0n) is 10.2. The number of benzene rings is 1. The quantitative estimate of drug-likeness (QED) is 0.791. The van der Waals surface area contributed by atoms with Crippen LogP contribution in [0.25, 0.3) is 0 Å². The summed E-state index contributed by atoms with van der Waals surface area (Å²) in [6.07, 6.45) is 0.764. The molecular weight excluding hydrogens is 214 g/mol. The molecular formula is C14H17NO2. The molecule has 0 bridgehead atoms. The van der Waals surface area contributed by atoms with Crippen molar-refractivity contribution < 1.29 is 9.26 Å². The summed E-state index contributed by atoms with van der Waals surface area (Å²) >= 11 is 0. The van der Waals surface area contributed by atoms with E-state index in [9.17, 15) is 0 Å². The Bertz CT molecular complexity index is 450. The van der Waals surface area contributed by atoms with Crippen molar-refractivity contribution in [2.75, 3.05) is 6.61 Å². The van der Waals surface area contributed by atoms with Crippen molar-refractivity contribution in [2.45, 2.75) is 26.4 Å². The van der Waals surface area contributed by atoms with Crippen molar-refractivity contribution in [3.05, 3.63) is 53.4 Å². The van der Waals surface area contributed by atoms with Crippen LogP contribution >= 0.6 is 0 Å². The molecule has 2 rings (SSSR count). The Hall–Kier alpha value is -1.61. The van der Waals surface area contributed by atoms with Gasteiger partial charge in [0.2, 0.25) is 0 Å². The zero-order valence-corrected chi connectivity index (χ0v) is 10.2. The highest BCUT2D eigenvalue weighted by Gasteiger charge is 2.11. The third-order valence-corrected chi connectivity index (χ3v) is 2.63. The van der Waals surface area contributed by atoms with E-state index in [4.69, 9.17) is 9.26 Å². The zero-order chi connectivity index (χ0) is 12.1. The van der Waals surface area contributed by atoms with Crippen LogP contribution in [0.15, 0.2) is 40.9 Å². The third kappa shape index (κ3) is 3.17. The van der Waals surface area contributed by atoms with Crippen LogP contribution in [0.1, 0.15) is 37.0 Å². The molecule has 0 fully saturated rings. The maximum Gasteiger partial charge on any atom is 0.141 e. The molecule has 0 saturated carbocycles. The minimum absolute atomic E-state index is 0.00623. The fourth-order valence-electron chi connectivity index (χ4n) is 1.74. The van der Waals surface area contributed by atoms with E-state index in [2.05, 4.69) is 17.3 Å². The van der Waals surface area contributed by atoms with E-state index >= 15 is 0 Å². The highest BCUT2D eigenvalue weighted by molar-refractivity contribution is 5.21. The number of hydrogen-bond donors (Lipinski definition) is 0. The maximum absolute atomic E-state index is 5.47. The van der Waals surface area contributed by atoms with Crippen molar-refractivity contribution in [3.8, 4) is 0 Å². The first-order chi connectivity index (χ1) is 8.29. The molecule has 3 nitrogen and oxygen atoms in total. The van der Waals surface area contributed by atoms with Gasteiger partial charge >= 0.3 is 0 Å². The van der Waals surface area contributed by atoms with E-state index in [0.29, 0.717) is 6.61 Å². The van der Waals surface area contributed by atoms with Gasteiger partial charge in [-0.3, -0.25) is 0 Å². The Kier molecular flexibility index (Phi) is 3.94. The fourth-order valence-corrected chi connectivity index (χ4v) is 1.74. The van der Waals surface area contributed by atoms with Crippen molar-refractivity contribution in [1.29, 1.82) is 0 Å². The van der Waals surface area contributed by atoms with Crippen LogP contribution in [-0.2, 0) is 11.2 Å². The molecule has 90 valence electrons. The lowest BCUT2D eigenvalue weighted by molar-refractivity contribution is 0.0709. The van der Waals surface area contributed by atoms with E-state index < -0.39 is 0 Å². The van der Waals surface area contributed by atoms with Crippen molar-refractivity contribution in [1.82, 2.24) is 5.16 Å². The van der Waals surface area contributed by atoms with Gasteiger partial charge in [0.05, 0.1) is 0 Å². The molecule has 0 aliphatic carbocycles. The predicted molar refractivity (Wildman–Crippen MR) is 65.8 cm³/mol. The van der Waals surface area contributed by atoms with E-state index in [0.717, 1.165) is 17.9 Å². The molecule has 2 aromatic rings. The van der Waals surface area contributed by atoms with Crippen LogP contribution < -0.4 is 0 Å². The van der Waals surface area contributed by atoms with Crippen molar-refractivity contribution in [2.24, 2.45) is 0 Å². The maximum atomic E-state index is 5.47. The minimum Gasteiger partial charge on any atom is -0.372 e. The number of hydrogen-bond acceptors (Lipinski definition) is 3. The molecule has 1 aromatic carbocycles. The smallest absolute Gasteiger partial charge is 0.141 e. The van der Waals surface area contributed by atoms with Gasteiger partial charge in [-0.15, -0.1) is 0 Å². The summed E-state index contributed by atoms with van der Waals surface area (Å²) in [6.45, 7) is 4.64. The summed E-state index contributed by atoms with van der Waals surface area (Å²) in [6, 6.07) is 12.2. The number of ether oxygens (including phenoxy) is 1. The summed E-state index contributed by atoms with van der Waals surface area (Å²) in [4.78, 5) is 0. The highest BCUT2D eigenvalue weighted by Crippen LogP contribution is 2.18. The fraction of sp³-hybridized carbons (Fsp3) is 0.357. The molecule has 0 N–H and O–H groups in total. The molecule has 1 unspecified atom stereocenters. The van der Waals surface area contributed by atoms with Crippen LogP contribution in [0.2, 0.25) is 0 Å². The lowest BCUT2D eigenvalue weighted by atomic mass is 10.1. The normalized spacial score (nSPS) is 12.6. The second kappa shape index (κ2) is 5.64. The van der Waals surface area contributed by atoms with Crippen LogP contribution in [0.5, 0.6) is 0 Å². The molecule has 0 radical (unpaired) electrons.